The standard InChI is InChI=1S/C12H18N4O2S/c1-12(2,15-19(3,17)18)9-14-11-6-4-5-10-13-7-8-16(10)11/h4-8,14-15H,9H2,1-3H3. The van der Waals surface area contributed by atoms with E-state index >= 15 is 0 Å². The van der Waals surface area contributed by atoms with E-state index < -0.39 is 15.6 Å². The van der Waals surface area contributed by atoms with Gasteiger partial charge >= 0.3 is 0 Å². The molecule has 0 radical (unpaired) electrons. The molecule has 7 heteroatoms. The van der Waals surface area contributed by atoms with Crippen LogP contribution in [-0.4, -0.2) is 36.1 Å². The minimum atomic E-state index is -3.23. The van der Waals surface area contributed by atoms with Gasteiger partial charge in [-0.2, -0.15) is 0 Å². The number of hydrogen-bond acceptors (Lipinski definition) is 4. The molecule has 0 aliphatic rings. The molecule has 6 nitrogen and oxygen atoms in total. The lowest BCUT2D eigenvalue weighted by molar-refractivity contribution is 0.475. The van der Waals surface area contributed by atoms with Crippen LogP contribution in [0.4, 0.5) is 5.82 Å². The molecular weight excluding hydrogens is 264 g/mol. The smallest absolute Gasteiger partial charge is 0.209 e. The molecule has 0 unspecified atom stereocenters. The van der Waals surface area contributed by atoms with Crippen LogP contribution in [-0.2, 0) is 10.0 Å². The van der Waals surface area contributed by atoms with Gasteiger partial charge in [0.2, 0.25) is 10.0 Å². The summed E-state index contributed by atoms with van der Waals surface area (Å²) in [5, 5.41) is 3.23. The summed E-state index contributed by atoms with van der Waals surface area (Å²) >= 11 is 0. The molecule has 0 saturated heterocycles. The second kappa shape index (κ2) is 4.82. The van der Waals surface area contributed by atoms with E-state index in [4.69, 9.17) is 0 Å². The predicted molar refractivity (Wildman–Crippen MR) is 75.7 cm³/mol. The zero-order valence-corrected chi connectivity index (χ0v) is 12.0. The Labute approximate surface area is 112 Å². The molecule has 0 aromatic carbocycles. The third-order valence-electron chi connectivity index (χ3n) is 2.60. The van der Waals surface area contributed by atoms with Gasteiger partial charge in [-0.1, -0.05) is 6.07 Å². The molecular formula is C12H18N4O2S. The van der Waals surface area contributed by atoms with Crippen molar-refractivity contribution >= 4 is 21.5 Å². The Morgan fingerprint density at radius 1 is 1.37 bits per heavy atom. The Bertz CT molecular complexity index is 676. The number of pyridine rings is 1. The Morgan fingerprint density at radius 2 is 2.11 bits per heavy atom. The Kier molecular flexibility index (Phi) is 3.51. The zero-order chi connectivity index (χ0) is 14.1. The van der Waals surface area contributed by atoms with Gasteiger partial charge in [-0.25, -0.2) is 18.1 Å². The van der Waals surface area contributed by atoms with Crippen molar-refractivity contribution in [2.45, 2.75) is 19.4 Å². The molecule has 19 heavy (non-hydrogen) atoms. The maximum absolute atomic E-state index is 11.3. The lowest BCUT2D eigenvalue weighted by Crippen LogP contribution is -2.47. The van der Waals surface area contributed by atoms with Gasteiger partial charge < -0.3 is 5.32 Å². The van der Waals surface area contributed by atoms with Gasteiger partial charge in [0.05, 0.1) is 6.26 Å². The topological polar surface area (TPSA) is 75.5 Å². The molecule has 104 valence electrons. The zero-order valence-electron chi connectivity index (χ0n) is 11.2. The van der Waals surface area contributed by atoms with Gasteiger partial charge in [-0.15, -0.1) is 0 Å². The summed E-state index contributed by atoms with van der Waals surface area (Å²) in [6, 6.07) is 5.73. The predicted octanol–water partition coefficient (Wildman–Crippen LogP) is 1.07. The third kappa shape index (κ3) is 3.68. The molecule has 2 N–H and O–H groups in total. The number of anilines is 1. The summed E-state index contributed by atoms with van der Waals surface area (Å²) in [7, 11) is -3.23. The maximum Gasteiger partial charge on any atom is 0.209 e. The summed E-state index contributed by atoms with van der Waals surface area (Å²) < 4.78 is 27.1. The lowest BCUT2D eigenvalue weighted by atomic mass is 10.1. The SMILES string of the molecule is CC(C)(CNc1cccc2nccn12)NS(C)(=O)=O. The molecule has 0 amide bonds. The second-order valence-electron chi connectivity index (χ2n) is 5.18. The van der Waals surface area contributed by atoms with Crippen molar-refractivity contribution in [3.8, 4) is 0 Å². The lowest BCUT2D eigenvalue weighted by Gasteiger charge is -2.26. The first-order valence-electron chi connectivity index (χ1n) is 5.92. The first-order valence-corrected chi connectivity index (χ1v) is 7.81. The largest absolute Gasteiger partial charge is 0.369 e. The summed E-state index contributed by atoms with van der Waals surface area (Å²) in [6.45, 7) is 4.13. The fraction of sp³-hybridized carbons (Fsp3) is 0.417. The highest BCUT2D eigenvalue weighted by molar-refractivity contribution is 7.88. The van der Waals surface area contributed by atoms with Crippen molar-refractivity contribution in [2.24, 2.45) is 0 Å². The van der Waals surface area contributed by atoms with Crippen molar-refractivity contribution < 1.29 is 8.42 Å². The summed E-state index contributed by atoms with van der Waals surface area (Å²) in [5.41, 5.74) is 0.273. The quantitative estimate of drug-likeness (QED) is 0.860. The van der Waals surface area contributed by atoms with E-state index in [9.17, 15) is 8.42 Å². The molecule has 2 aromatic heterocycles. The second-order valence-corrected chi connectivity index (χ2v) is 6.93. The van der Waals surface area contributed by atoms with Crippen LogP contribution >= 0.6 is 0 Å². The van der Waals surface area contributed by atoms with E-state index in [1.165, 1.54) is 0 Å². The number of sulfonamides is 1. The fourth-order valence-corrected chi connectivity index (χ4v) is 3.02. The number of aromatic nitrogens is 2. The fourth-order valence-electron chi connectivity index (χ4n) is 1.94. The van der Waals surface area contributed by atoms with Crippen LogP contribution in [0.2, 0.25) is 0 Å². The number of fused-ring (bicyclic) bond motifs is 1. The molecule has 2 heterocycles. The number of hydrogen-bond donors (Lipinski definition) is 2. The molecule has 0 aliphatic carbocycles. The molecule has 2 aromatic rings. The van der Waals surface area contributed by atoms with E-state index in [2.05, 4.69) is 15.0 Å². The van der Waals surface area contributed by atoms with Crippen LogP contribution in [0, 0.1) is 0 Å². The van der Waals surface area contributed by atoms with Gasteiger partial charge in [0.1, 0.15) is 11.5 Å². The van der Waals surface area contributed by atoms with Gasteiger partial charge in [0.15, 0.2) is 0 Å². The molecule has 2 rings (SSSR count). The van der Waals surface area contributed by atoms with Crippen LogP contribution in [0.15, 0.2) is 30.6 Å². The number of nitrogens with one attached hydrogen (secondary N) is 2. The van der Waals surface area contributed by atoms with E-state index in [0.29, 0.717) is 6.54 Å². The van der Waals surface area contributed by atoms with Crippen LogP contribution in [0.3, 0.4) is 0 Å². The average molecular weight is 282 g/mol. The summed E-state index contributed by atoms with van der Waals surface area (Å²) in [4.78, 5) is 4.19. The minimum Gasteiger partial charge on any atom is -0.369 e. The first-order chi connectivity index (χ1) is 8.77. The number of nitrogens with zero attached hydrogens (tertiary/aromatic N) is 2. The summed E-state index contributed by atoms with van der Waals surface area (Å²) in [6.07, 6.45) is 4.74. The van der Waals surface area contributed by atoms with Gasteiger partial charge in [0, 0.05) is 24.5 Å². The van der Waals surface area contributed by atoms with Crippen LogP contribution in [0.1, 0.15) is 13.8 Å². The summed E-state index contributed by atoms with van der Waals surface area (Å²) in [5.74, 6) is 0.873. The Balaban J connectivity index is 2.12. The molecule has 0 bridgehead atoms. The van der Waals surface area contributed by atoms with Crippen molar-refractivity contribution in [1.29, 1.82) is 0 Å². The van der Waals surface area contributed by atoms with E-state index in [1.54, 1.807) is 6.20 Å². The molecule has 0 saturated carbocycles. The molecule has 0 fully saturated rings. The number of rotatable bonds is 5. The van der Waals surface area contributed by atoms with Crippen molar-refractivity contribution in [2.75, 3.05) is 18.1 Å². The van der Waals surface area contributed by atoms with Crippen molar-refractivity contribution in [1.82, 2.24) is 14.1 Å². The molecule has 0 atom stereocenters. The van der Waals surface area contributed by atoms with Gasteiger partial charge in [-0.05, 0) is 26.0 Å². The monoisotopic (exact) mass is 282 g/mol. The van der Waals surface area contributed by atoms with E-state index in [0.717, 1.165) is 17.7 Å². The Morgan fingerprint density at radius 3 is 2.79 bits per heavy atom. The Hall–Kier alpha value is -1.60. The van der Waals surface area contributed by atoms with Crippen molar-refractivity contribution in [3.05, 3.63) is 30.6 Å². The van der Waals surface area contributed by atoms with Crippen LogP contribution in [0.25, 0.3) is 5.65 Å². The van der Waals surface area contributed by atoms with E-state index in [1.807, 2.05) is 42.6 Å². The van der Waals surface area contributed by atoms with Crippen molar-refractivity contribution in [3.63, 3.8) is 0 Å². The van der Waals surface area contributed by atoms with Crippen LogP contribution < -0.4 is 10.0 Å². The minimum absolute atomic E-state index is 0.470. The van der Waals surface area contributed by atoms with Crippen LogP contribution in [0.5, 0.6) is 0 Å². The highest BCUT2D eigenvalue weighted by atomic mass is 32.2. The normalized spacial score (nSPS) is 12.8. The van der Waals surface area contributed by atoms with Gasteiger partial charge in [0.25, 0.3) is 0 Å². The maximum atomic E-state index is 11.3. The molecule has 0 spiro atoms. The first kappa shape index (κ1) is 13.8. The average Bonchev–Trinajstić information content (AvgIpc) is 2.71. The molecule has 0 aliphatic heterocycles. The highest BCUT2D eigenvalue weighted by Crippen LogP contribution is 2.13. The van der Waals surface area contributed by atoms with E-state index in [-0.39, 0.29) is 0 Å². The highest BCUT2D eigenvalue weighted by Gasteiger charge is 2.22. The third-order valence-corrected chi connectivity index (χ3v) is 3.52. The van der Waals surface area contributed by atoms with Gasteiger partial charge in [-0.3, -0.25) is 4.40 Å². The number of imidazole rings is 1.